The Hall–Kier alpha value is -2.28. The van der Waals surface area contributed by atoms with Crippen molar-refractivity contribution in [3.8, 4) is 0 Å². The molecule has 1 aromatic carbocycles. The molecule has 0 bridgehead atoms. The molecule has 2 aliphatic heterocycles. The van der Waals surface area contributed by atoms with E-state index < -0.39 is 0 Å². The van der Waals surface area contributed by atoms with Gasteiger partial charge in [0.2, 0.25) is 5.91 Å². The van der Waals surface area contributed by atoms with E-state index in [0.29, 0.717) is 26.1 Å². The van der Waals surface area contributed by atoms with E-state index in [-0.39, 0.29) is 18.0 Å². The highest BCUT2D eigenvalue weighted by atomic mass is 16.5. The number of ether oxygens (including phenoxy) is 1. The summed E-state index contributed by atoms with van der Waals surface area (Å²) in [5.41, 5.74) is 1.21. The van der Waals surface area contributed by atoms with Crippen LogP contribution in [0.5, 0.6) is 0 Å². The number of nitrogens with zero attached hydrogens (tertiary/aromatic N) is 3. The second-order valence-electron chi connectivity index (χ2n) is 7.16. The van der Waals surface area contributed by atoms with Crippen molar-refractivity contribution in [1.29, 1.82) is 0 Å². The minimum Gasteiger partial charge on any atom is -0.384 e. The summed E-state index contributed by atoms with van der Waals surface area (Å²) < 4.78 is 4.97. The van der Waals surface area contributed by atoms with Crippen molar-refractivity contribution in [2.75, 3.05) is 57.9 Å². The fourth-order valence-corrected chi connectivity index (χ4v) is 3.69. The van der Waals surface area contributed by atoms with E-state index in [1.807, 2.05) is 28.0 Å². The average Bonchev–Trinajstić information content (AvgIpc) is 2.73. The van der Waals surface area contributed by atoms with Gasteiger partial charge < -0.3 is 24.8 Å². The van der Waals surface area contributed by atoms with Gasteiger partial charge in [-0.1, -0.05) is 18.2 Å². The Balaban J connectivity index is 1.38. The van der Waals surface area contributed by atoms with Crippen molar-refractivity contribution >= 4 is 17.6 Å². The Bertz CT molecular complexity index is 609. The lowest BCUT2D eigenvalue weighted by Crippen LogP contribution is -2.55. The molecule has 2 saturated heterocycles. The normalized spacial score (nSPS) is 18.5. The summed E-state index contributed by atoms with van der Waals surface area (Å²) in [7, 11) is 1.61. The molecule has 0 saturated carbocycles. The zero-order chi connectivity index (χ0) is 19.1. The minimum absolute atomic E-state index is 0.0203. The van der Waals surface area contributed by atoms with Crippen LogP contribution in [0.3, 0.4) is 0 Å². The quantitative estimate of drug-likeness (QED) is 0.849. The van der Waals surface area contributed by atoms with Crippen molar-refractivity contribution in [3.63, 3.8) is 0 Å². The third kappa shape index (κ3) is 5.35. The Kier molecular flexibility index (Phi) is 6.92. The maximum atomic E-state index is 12.6. The molecule has 0 atom stereocenters. The summed E-state index contributed by atoms with van der Waals surface area (Å²) in [6, 6.07) is 10.5. The maximum absolute atomic E-state index is 12.6. The van der Waals surface area contributed by atoms with Crippen LogP contribution in [0.4, 0.5) is 10.5 Å². The van der Waals surface area contributed by atoms with Crippen LogP contribution in [0.15, 0.2) is 30.3 Å². The van der Waals surface area contributed by atoms with Gasteiger partial charge in [0.05, 0.1) is 13.0 Å². The van der Waals surface area contributed by atoms with Crippen LogP contribution in [0.1, 0.15) is 19.3 Å². The van der Waals surface area contributed by atoms with Crippen LogP contribution in [0.2, 0.25) is 0 Å². The van der Waals surface area contributed by atoms with E-state index in [4.69, 9.17) is 4.74 Å². The summed E-state index contributed by atoms with van der Waals surface area (Å²) >= 11 is 0. The van der Waals surface area contributed by atoms with Crippen molar-refractivity contribution in [2.24, 2.45) is 0 Å². The number of piperazine rings is 1. The molecule has 27 heavy (non-hydrogen) atoms. The van der Waals surface area contributed by atoms with Gasteiger partial charge in [-0.05, 0) is 25.0 Å². The number of benzene rings is 1. The summed E-state index contributed by atoms with van der Waals surface area (Å²) in [6.07, 6.45) is 2.06. The number of carbonyl (C=O) groups excluding carboxylic acids is 2. The van der Waals surface area contributed by atoms with Crippen LogP contribution in [-0.2, 0) is 9.53 Å². The van der Waals surface area contributed by atoms with Gasteiger partial charge in [0.15, 0.2) is 0 Å². The van der Waals surface area contributed by atoms with Crippen LogP contribution in [0.25, 0.3) is 0 Å². The molecule has 3 rings (SSSR count). The predicted octanol–water partition coefficient (Wildman–Crippen LogP) is 1.55. The molecule has 0 aliphatic carbocycles. The van der Waals surface area contributed by atoms with Gasteiger partial charge in [-0.3, -0.25) is 4.79 Å². The molecular weight excluding hydrogens is 344 g/mol. The molecule has 2 aliphatic rings. The molecule has 0 spiro atoms. The highest BCUT2D eigenvalue weighted by molar-refractivity contribution is 5.77. The number of hydrogen-bond acceptors (Lipinski definition) is 4. The summed E-state index contributed by atoms with van der Waals surface area (Å²) in [6.45, 7) is 5.03. The van der Waals surface area contributed by atoms with E-state index in [1.165, 1.54) is 5.69 Å². The Labute approximate surface area is 161 Å². The number of likely N-dealkylation sites (tertiary alicyclic amines) is 1. The van der Waals surface area contributed by atoms with E-state index in [9.17, 15) is 9.59 Å². The van der Waals surface area contributed by atoms with Gasteiger partial charge in [-0.2, -0.15) is 0 Å². The molecule has 7 nitrogen and oxygen atoms in total. The smallest absolute Gasteiger partial charge is 0.317 e. The number of anilines is 1. The lowest BCUT2D eigenvalue weighted by molar-refractivity contribution is -0.133. The molecule has 1 aromatic rings. The number of methoxy groups -OCH3 is 1. The van der Waals surface area contributed by atoms with Gasteiger partial charge in [0.25, 0.3) is 0 Å². The molecule has 148 valence electrons. The molecule has 3 amide bonds. The molecule has 2 fully saturated rings. The van der Waals surface area contributed by atoms with Crippen LogP contribution < -0.4 is 10.2 Å². The highest BCUT2D eigenvalue weighted by Crippen LogP contribution is 2.16. The zero-order valence-corrected chi connectivity index (χ0v) is 16.1. The first-order valence-corrected chi connectivity index (χ1v) is 9.79. The largest absolute Gasteiger partial charge is 0.384 e. The second-order valence-corrected chi connectivity index (χ2v) is 7.16. The number of carbonyl (C=O) groups is 2. The molecule has 7 heteroatoms. The summed E-state index contributed by atoms with van der Waals surface area (Å²) in [5, 5.41) is 3.15. The lowest BCUT2D eigenvalue weighted by Gasteiger charge is -2.38. The van der Waals surface area contributed by atoms with Crippen LogP contribution in [-0.4, -0.2) is 80.8 Å². The van der Waals surface area contributed by atoms with E-state index in [0.717, 1.165) is 39.0 Å². The fourth-order valence-electron chi connectivity index (χ4n) is 3.69. The standard InChI is InChI=1S/C20H30N4O3/c1-27-16-9-19(25)23-10-7-17(8-11-23)21-20(26)24-14-12-22(13-15-24)18-5-3-2-4-6-18/h2-6,17H,7-16H2,1H3,(H,21,26). The second kappa shape index (κ2) is 9.60. The topological polar surface area (TPSA) is 65.1 Å². The molecule has 0 radical (unpaired) electrons. The highest BCUT2D eigenvalue weighted by Gasteiger charge is 2.26. The first kappa shape index (κ1) is 19.5. The van der Waals surface area contributed by atoms with Gasteiger partial charge >= 0.3 is 6.03 Å². The number of piperidine rings is 1. The molecule has 0 unspecified atom stereocenters. The van der Waals surface area contributed by atoms with Crippen molar-refractivity contribution in [3.05, 3.63) is 30.3 Å². The number of urea groups is 1. The lowest BCUT2D eigenvalue weighted by atomic mass is 10.0. The number of para-hydroxylation sites is 1. The summed E-state index contributed by atoms with van der Waals surface area (Å²) in [4.78, 5) is 30.7. The van der Waals surface area contributed by atoms with E-state index in [1.54, 1.807) is 7.11 Å². The fraction of sp³-hybridized carbons (Fsp3) is 0.600. The van der Waals surface area contributed by atoms with Crippen molar-refractivity contribution < 1.29 is 14.3 Å². The van der Waals surface area contributed by atoms with E-state index in [2.05, 4.69) is 22.3 Å². The molecule has 0 aromatic heterocycles. The van der Waals surface area contributed by atoms with Gasteiger partial charge in [-0.25, -0.2) is 4.79 Å². The van der Waals surface area contributed by atoms with Crippen molar-refractivity contribution in [1.82, 2.24) is 15.1 Å². The van der Waals surface area contributed by atoms with Gasteiger partial charge in [0.1, 0.15) is 0 Å². The monoisotopic (exact) mass is 374 g/mol. The molecular formula is C20H30N4O3. The minimum atomic E-state index is 0.0203. The summed E-state index contributed by atoms with van der Waals surface area (Å²) in [5.74, 6) is 0.138. The van der Waals surface area contributed by atoms with Gasteiger partial charge in [-0.15, -0.1) is 0 Å². The average molecular weight is 374 g/mol. The first-order chi connectivity index (χ1) is 13.2. The Morgan fingerprint density at radius 2 is 1.67 bits per heavy atom. The van der Waals surface area contributed by atoms with Crippen LogP contribution >= 0.6 is 0 Å². The number of nitrogens with one attached hydrogen (secondary N) is 1. The zero-order valence-electron chi connectivity index (χ0n) is 16.1. The van der Waals surface area contributed by atoms with Gasteiger partial charge in [0, 0.05) is 58.1 Å². The SMILES string of the molecule is COCCC(=O)N1CCC(NC(=O)N2CCN(c3ccccc3)CC2)CC1. The molecule has 2 heterocycles. The predicted molar refractivity (Wildman–Crippen MR) is 105 cm³/mol. The number of rotatable bonds is 5. The first-order valence-electron chi connectivity index (χ1n) is 9.79. The molecule has 1 N–H and O–H groups in total. The third-order valence-electron chi connectivity index (χ3n) is 5.38. The van der Waals surface area contributed by atoms with E-state index >= 15 is 0 Å². The van der Waals surface area contributed by atoms with Crippen LogP contribution in [0, 0.1) is 0 Å². The maximum Gasteiger partial charge on any atom is 0.317 e. The Morgan fingerprint density at radius 3 is 2.30 bits per heavy atom. The van der Waals surface area contributed by atoms with Crippen molar-refractivity contribution in [2.45, 2.75) is 25.3 Å². The third-order valence-corrected chi connectivity index (χ3v) is 5.38. The number of amides is 3. The number of hydrogen-bond donors (Lipinski definition) is 1. The Morgan fingerprint density at radius 1 is 1.00 bits per heavy atom.